The van der Waals surface area contributed by atoms with Crippen LogP contribution in [-0.2, 0) is 7.05 Å². The quantitative estimate of drug-likeness (QED) is 0.859. The predicted molar refractivity (Wildman–Crippen MR) is 102 cm³/mol. The summed E-state index contributed by atoms with van der Waals surface area (Å²) in [5, 5.41) is 9.72. The fourth-order valence-corrected chi connectivity index (χ4v) is 3.34. The molecule has 0 fully saturated rings. The van der Waals surface area contributed by atoms with Gasteiger partial charge in [0.1, 0.15) is 17.4 Å². The number of nitrogens with two attached hydrogens (primary N) is 1. The van der Waals surface area contributed by atoms with Crippen molar-refractivity contribution in [2.45, 2.75) is 12.8 Å². The molecule has 1 aromatic carbocycles. The number of aryl methyl sites for hydroxylation is 1. The number of benzene rings is 1. The molecule has 1 aromatic heterocycles. The third-order valence-corrected chi connectivity index (χ3v) is 4.87. The van der Waals surface area contributed by atoms with Crippen LogP contribution in [0, 0.1) is 18.3 Å². The molecule has 28 heavy (non-hydrogen) atoms. The van der Waals surface area contributed by atoms with Crippen LogP contribution in [0.3, 0.4) is 0 Å². The monoisotopic (exact) mass is 383 g/mol. The Hall–Kier alpha value is -3.60. The van der Waals surface area contributed by atoms with Gasteiger partial charge in [-0.15, -0.1) is 0 Å². The number of fused-ring (bicyclic) bond motifs is 1. The third kappa shape index (κ3) is 2.81. The van der Waals surface area contributed by atoms with Gasteiger partial charge in [-0.25, -0.2) is 0 Å². The number of hydrogen-bond acceptors (Lipinski definition) is 7. The maximum absolute atomic E-state index is 13.0. The van der Waals surface area contributed by atoms with Gasteiger partial charge in [0.25, 0.3) is 5.56 Å². The number of nitrogens with zero attached hydrogens (tertiary/aromatic N) is 2. The lowest BCUT2D eigenvalue weighted by molar-refractivity contribution is 0.323. The summed E-state index contributed by atoms with van der Waals surface area (Å²) in [7, 11) is 6.16. The Morgan fingerprint density at radius 2 is 1.75 bits per heavy atom. The molecule has 8 heteroatoms. The number of aromatic nitrogens is 1. The van der Waals surface area contributed by atoms with Gasteiger partial charge in [0, 0.05) is 18.8 Å². The highest BCUT2D eigenvalue weighted by Crippen LogP contribution is 2.46. The van der Waals surface area contributed by atoms with E-state index in [4.69, 9.17) is 24.7 Å². The molecule has 0 aliphatic carbocycles. The molecule has 2 aromatic rings. The molecule has 0 saturated carbocycles. The van der Waals surface area contributed by atoms with Crippen molar-refractivity contribution in [1.82, 2.24) is 4.57 Å². The highest BCUT2D eigenvalue weighted by Gasteiger charge is 2.35. The largest absolute Gasteiger partial charge is 0.493 e. The summed E-state index contributed by atoms with van der Waals surface area (Å²) >= 11 is 0. The first-order chi connectivity index (χ1) is 13.4. The van der Waals surface area contributed by atoms with Crippen molar-refractivity contribution in [2.75, 3.05) is 21.3 Å². The van der Waals surface area contributed by atoms with E-state index in [1.165, 1.54) is 25.9 Å². The third-order valence-electron chi connectivity index (χ3n) is 4.87. The van der Waals surface area contributed by atoms with Crippen LogP contribution >= 0.6 is 0 Å². The minimum absolute atomic E-state index is 0.0404. The Labute approximate surface area is 162 Å². The molecule has 0 amide bonds. The summed E-state index contributed by atoms with van der Waals surface area (Å²) in [5.41, 5.74) is 7.51. The first kappa shape index (κ1) is 19.2. The van der Waals surface area contributed by atoms with E-state index < -0.39 is 5.92 Å². The fraction of sp³-hybridized carbons (Fsp3) is 0.300. The Kier molecular flexibility index (Phi) is 4.92. The number of pyridine rings is 1. The lowest BCUT2D eigenvalue weighted by atomic mass is 9.83. The maximum Gasteiger partial charge on any atom is 0.258 e. The van der Waals surface area contributed by atoms with E-state index in [0.29, 0.717) is 39.8 Å². The molecule has 0 radical (unpaired) electrons. The standard InChI is InChI=1S/C20H21N3O5/c1-10-6-13-17(20(24)23(10)2)16(12(9-21)19(22)28-13)11-7-14(25-3)18(27-5)15(8-11)26-4/h6-8,16H,22H2,1-5H3/t16-/m0/s1. The van der Waals surface area contributed by atoms with E-state index in [-0.39, 0.29) is 17.0 Å². The molecular weight excluding hydrogens is 362 g/mol. The zero-order chi connectivity index (χ0) is 20.6. The summed E-state index contributed by atoms with van der Waals surface area (Å²) in [4.78, 5) is 13.0. The van der Waals surface area contributed by atoms with Crippen LogP contribution in [0.15, 0.2) is 34.4 Å². The van der Waals surface area contributed by atoms with Crippen LogP contribution in [0.2, 0.25) is 0 Å². The first-order valence-corrected chi connectivity index (χ1v) is 8.45. The topological polar surface area (TPSA) is 109 Å². The molecular formula is C20H21N3O5. The number of ether oxygens (including phenoxy) is 4. The molecule has 0 bridgehead atoms. The number of methoxy groups -OCH3 is 3. The average molecular weight is 383 g/mol. The van der Waals surface area contributed by atoms with Crippen molar-refractivity contribution in [2.24, 2.45) is 12.8 Å². The van der Waals surface area contributed by atoms with Gasteiger partial charge < -0.3 is 29.2 Å². The smallest absolute Gasteiger partial charge is 0.258 e. The second-order valence-electron chi connectivity index (χ2n) is 6.31. The van der Waals surface area contributed by atoms with E-state index in [2.05, 4.69) is 6.07 Å². The molecule has 0 saturated heterocycles. The van der Waals surface area contributed by atoms with Gasteiger partial charge in [0.05, 0.1) is 32.8 Å². The van der Waals surface area contributed by atoms with Gasteiger partial charge >= 0.3 is 0 Å². The van der Waals surface area contributed by atoms with Gasteiger partial charge in [-0.3, -0.25) is 4.79 Å². The van der Waals surface area contributed by atoms with Crippen LogP contribution in [-0.4, -0.2) is 25.9 Å². The van der Waals surface area contributed by atoms with E-state index in [0.717, 1.165) is 0 Å². The second kappa shape index (κ2) is 7.19. The Bertz CT molecular complexity index is 1050. The fourth-order valence-electron chi connectivity index (χ4n) is 3.34. The van der Waals surface area contributed by atoms with Crippen molar-refractivity contribution < 1.29 is 18.9 Å². The average Bonchev–Trinajstić information content (AvgIpc) is 2.69. The van der Waals surface area contributed by atoms with Crippen molar-refractivity contribution in [3.63, 3.8) is 0 Å². The zero-order valence-electron chi connectivity index (χ0n) is 16.3. The molecule has 0 unspecified atom stereocenters. The predicted octanol–water partition coefficient (Wildman–Crippen LogP) is 1.94. The van der Waals surface area contributed by atoms with Crippen LogP contribution in [0.5, 0.6) is 23.0 Å². The maximum atomic E-state index is 13.0. The molecule has 1 aliphatic heterocycles. The van der Waals surface area contributed by atoms with Gasteiger partial charge in [0.15, 0.2) is 11.5 Å². The Morgan fingerprint density at radius 3 is 2.25 bits per heavy atom. The Balaban J connectivity index is 2.37. The van der Waals surface area contributed by atoms with Gasteiger partial charge in [-0.05, 0) is 24.6 Å². The van der Waals surface area contributed by atoms with Gasteiger partial charge in [0.2, 0.25) is 11.6 Å². The van der Waals surface area contributed by atoms with Crippen LogP contribution in [0.25, 0.3) is 0 Å². The normalized spacial score (nSPS) is 15.4. The summed E-state index contributed by atoms with van der Waals surface area (Å²) in [6.45, 7) is 1.79. The SMILES string of the molecule is COc1cc([C@H]2C(C#N)=C(N)Oc3cc(C)n(C)c(=O)c32)cc(OC)c1OC. The second-order valence-corrected chi connectivity index (χ2v) is 6.31. The molecule has 3 rings (SSSR count). The van der Waals surface area contributed by atoms with E-state index in [1.807, 2.05) is 0 Å². The molecule has 1 atom stereocenters. The van der Waals surface area contributed by atoms with Crippen LogP contribution < -0.4 is 30.2 Å². The lowest BCUT2D eigenvalue weighted by Crippen LogP contribution is -2.31. The molecule has 2 N–H and O–H groups in total. The number of allylic oxidation sites excluding steroid dienone is 1. The number of nitriles is 1. The minimum atomic E-state index is -0.734. The van der Waals surface area contributed by atoms with Crippen molar-refractivity contribution in [1.29, 1.82) is 5.26 Å². The molecule has 0 spiro atoms. The van der Waals surface area contributed by atoms with Crippen LogP contribution in [0.4, 0.5) is 0 Å². The van der Waals surface area contributed by atoms with E-state index >= 15 is 0 Å². The van der Waals surface area contributed by atoms with Crippen molar-refractivity contribution in [3.05, 3.63) is 56.8 Å². The number of rotatable bonds is 4. The van der Waals surface area contributed by atoms with Crippen LogP contribution in [0.1, 0.15) is 22.7 Å². The Morgan fingerprint density at radius 1 is 1.14 bits per heavy atom. The summed E-state index contributed by atoms with van der Waals surface area (Å²) in [6.07, 6.45) is 0. The molecule has 1 aliphatic rings. The van der Waals surface area contributed by atoms with Gasteiger partial charge in [-0.1, -0.05) is 0 Å². The van der Waals surface area contributed by atoms with E-state index in [1.54, 1.807) is 32.2 Å². The van der Waals surface area contributed by atoms with E-state index in [9.17, 15) is 10.1 Å². The van der Waals surface area contributed by atoms with Crippen molar-refractivity contribution in [3.8, 4) is 29.1 Å². The molecule has 8 nitrogen and oxygen atoms in total. The highest BCUT2D eigenvalue weighted by molar-refractivity contribution is 5.61. The first-order valence-electron chi connectivity index (χ1n) is 8.45. The molecule has 2 heterocycles. The highest BCUT2D eigenvalue weighted by atomic mass is 16.5. The zero-order valence-corrected chi connectivity index (χ0v) is 16.3. The minimum Gasteiger partial charge on any atom is -0.493 e. The number of hydrogen-bond donors (Lipinski definition) is 1. The summed E-state index contributed by atoms with van der Waals surface area (Å²) in [5.74, 6) is 0.779. The summed E-state index contributed by atoms with van der Waals surface area (Å²) < 4.78 is 23.3. The van der Waals surface area contributed by atoms with Gasteiger partial charge in [-0.2, -0.15) is 5.26 Å². The molecule has 146 valence electrons. The van der Waals surface area contributed by atoms with Crippen molar-refractivity contribution >= 4 is 0 Å². The summed E-state index contributed by atoms with van der Waals surface area (Å²) in [6, 6.07) is 7.20. The lowest BCUT2D eigenvalue weighted by Gasteiger charge is -2.27.